The van der Waals surface area contributed by atoms with E-state index < -0.39 is 0 Å². The molecule has 2 rings (SSSR count). The minimum atomic E-state index is 0. The van der Waals surface area contributed by atoms with Crippen LogP contribution in [0.2, 0.25) is 0 Å². The predicted octanol–water partition coefficient (Wildman–Crippen LogP) is 2.82. The highest BCUT2D eigenvalue weighted by molar-refractivity contribution is 5.85. The maximum absolute atomic E-state index is 12.2. The summed E-state index contributed by atoms with van der Waals surface area (Å²) < 4.78 is 0. The monoisotopic (exact) mass is 288 g/mol. The fourth-order valence-corrected chi connectivity index (χ4v) is 3.49. The average Bonchev–Trinajstić information content (AvgIpc) is 2.75. The molecule has 1 saturated carbocycles. The van der Waals surface area contributed by atoms with Crippen LogP contribution < -0.4 is 5.73 Å². The number of piperidine rings is 1. The SMILES string of the molecule is CC(C)C1CCN(C(=O)C[C@@H]2CCC[C@H]2N)CC1.Cl. The Labute approximate surface area is 123 Å². The third-order valence-electron chi connectivity index (χ3n) is 4.99. The summed E-state index contributed by atoms with van der Waals surface area (Å²) in [5.74, 6) is 2.35. The molecule has 2 atom stereocenters. The van der Waals surface area contributed by atoms with Crippen LogP contribution in [0.3, 0.4) is 0 Å². The highest BCUT2D eigenvalue weighted by Gasteiger charge is 2.30. The van der Waals surface area contributed by atoms with Crippen molar-refractivity contribution in [2.24, 2.45) is 23.5 Å². The van der Waals surface area contributed by atoms with Gasteiger partial charge in [0.05, 0.1) is 0 Å². The number of rotatable bonds is 3. The Morgan fingerprint density at radius 1 is 1.21 bits per heavy atom. The lowest BCUT2D eigenvalue weighted by molar-refractivity contribution is -0.133. The first kappa shape index (κ1) is 16.8. The summed E-state index contributed by atoms with van der Waals surface area (Å²) in [7, 11) is 0. The van der Waals surface area contributed by atoms with Crippen molar-refractivity contribution in [2.45, 2.75) is 58.4 Å². The maximum Gasteiger partial charge on any atom is 0.222 e. The van der Waals surface area contributed by atoms with E-state index in [0.29, 0.717) is 18.2 Å². The molecule has 2 N–H and O–H groups in total. The average molecular weight is 289 g/mol. The van der Waals surface area contributed by atoms with Crippen molar-refractivity contribution in [1.82, 2.24) is 4.90 Å². The number of hydrogen-bond donors (Lipinski definition) is 1. The summed E-state index contributed by atoms with van der Waals surface area (Å²) in [5.41, 5.74) is 6.05. The lowest BCUT2D eigenvalue weighted by atomic mass is 9.86. The third-order valence-corrected chi connectivity index (χ3v) is 4.99. The van der Waals surface area contributed by atoms with Crippen LogP contribution in [0.5, 0.6) is 0 Å². The second-order valence-corrected chi connectivity index (χ2v) is 6.52. The zero-order valence-corrected chi connectivity index (χ0v) is 13.1. The smallest absolute Gasteiger partial charge is 0.222 e. The molecule has 0 spiro atoms. The van der Waals surface area contributed by atoms with Crippen molar-refractivity contribution in [3.05, 3.63) is 0 Å². The van der Waals surface area contributed by atoms with Crippen LogP contribution in [-0.2, 0) is 4.79 Å². The summed E-state index contributed by atoms with van der Waals surface area (Å²) in [6.07, 6.45) is 6.50. The molecule has 0 radical (unpaired) electrons. The minimum Gasteiger partial charge on any atom is -0.343 e. The van der Waals surface area contributed by atoms with Gasteiger partial charge in [-0.1, -0.05) is 20.3 Å². The Bertz CT molecular complexity index is 288. The molecule has 1 heterocycles. The zero-order valence-electron chi connectivity index (χ0n) is 12.3. The molecule has 0 aromatic heterocycles. The molecule has 2 aliphatic rings. The maximum atomic E-state index is 12.2. The van der Waals surface area contributed by atoms with Crippen molar-refractivity contribution in [3.63, 3.8) is 0 Å². The molecule has 19 heavy (non-hydrogen) atoms. The molecule has 4 heteroatoms. The summed E-state index contributed by atoms with van der Waals surface area (Å²) in [6.45, 7) is 6.51. The molecule has 1 amide bonds. The van der Waals surface area contributed by atoms with Crippen molar-refractivity contribution >= 4 is 18.3 Å². The summed E-state index contributed by atoms with van der Waals surface area (Å²) in [6, 6.07) is 0.266. The van der Waals surface area contributed by atoms with E-state index in [0.717, 1.165) is 37.8 Å². The van der Waals surface area contributed by atoms with Gasteiger partial charge in [-0.2, -0.15) is 0 Å². The van der Waals surface area contributed by atoms with Crippen molar-refractivity contribution in [2.75, 3.05) is 13.1 Å². The molecule has 2 fully saturated rings. The number of halogens is 1. The van der Waals surface area contributed by atoms with Gasteiger partial charge in [-0.3, -0.25) is 4.79 Å². The first-order valence-corrected chi connectivity index (χ1v) is 7.61. The van der Waals surface area contributed by atoms with E-state index >= 15 is 0 Å². The Balaban J connectivity index is 0.00000180. The summed E-state index contributed by atoms with van der Waals surface area (Å²) in [5, 5.41) is 0. The second-order valence-electron chi connectivity index (χ2n) is 6.52. The molecule has 0 bridgehead atoms. The number of carbonyl (C=O) groups is 1. The van der Waals surface area contributed by atoms with Crippen LogP contribution >= 0.6 is 12.4 Å². The highest BCUT2D eigenvalue weighted by atomic mass is 35.5. The van der Waals surface area contributed by atoms with E-state index in [1.807, 2.05) is 0 Å². The van der Waals surface area contributed by atoms with Crippen LogP contribution in [0, 0.1) is 17.8 Å². The Morgan fingerprint density at radius 2 is 1.84 bits per heavy atom. The van der Waals surface area contributed by atoms with Crippen molar-refractivity contribution in [3.8, 4) is 0 Å². The predicted molar refractivity (Wildman–Crippen MR) is 81.3 cm³/mol. The van der Waals surface area contributed by atoms with E-state index in [1.54, 1.807) is 0 Å². The normalized spacial score (nSPS) is 28.5. The molecule has 112 valence electrons. The van der Waals surface area contributed by atoms with E-state index in [2.05, 4.69) is 18.7 Å². The largest absolute Gasteiger partial charge is 0.343 e. The first-order valence-electron chi connectivity index (χ1n) is 7.61. The molecular weight excluding hydrogens is 260 g/mol. The topological polar surface area (TPSA) is 46.3 Å². The Kier molecular flexibility index (Phi) is 6.61. The van der Waals surface area contributed by atoms with Gasteiger partial charge < -0.3 is 10.6 Å². The quantitative estimate of drug-likeness (QED) is 0.868. The van der Waals surface area contributed by atoms with E-state index in [-0.39, 0.29) is 18.4 Å². The number of carbonyl (C=O) groups excluding carboxylic acids is 1. The Hall–Kier alpha value is -0.280. The molecule has 0 aromatic carbocycles. The van der Waals surface area contributed by atoms with Gasteiger partial charge in [0.15, 0.2) is 0 Å². The third kappa shape index (κ3) is 4.35. The molecule has 1 aliphatic heterocycles. The van der Waals surface area contributed by atoms with Crippen molar-refractivity contribution in [1.29, 1.82) is 0 Å². The summed E-state index contributed by atoms with van der Waals surface area (Å²) >= 11 is 0. The Morgan fingerprint density at radius 3 is 2.32 bits per heavy atom. The van der Waals surface area contributed by atoms with Gasteiger partial charge in [0.2, 0.25) is 5.91 Å². The number of hydrogen-bond acceptors (Lipinski definition) is 2. The molecule has 1 saturated heterocycles. The van der Waals surface area contributed by atoms with Crippen LogP contribution in [0.1, 0.15) is 52.4 Å². The molecule has 0 unspecified atom stereocenters. The standard InChI is InChI=1S/C15H28N2O.ClH/c1-11(2)12-6-8-17(9-7-12)15(18)10-13-4-3-5-14(13)16;/h11-14H,3-10,16H2,1-2H3;1H/t13-,14+;/m0./s1. The van der Waals surface area contributed by atoms with Gasteiger partial charge in [0.25, 0.3) is 0 Å². The van der Waals surface area contributed by atoms with Gasteiger partial charge in [-0.15, -0.1) is 12.4 Å². The molecule has 0 aromatic rings. The lowest BCUT2D eigenvalue weighted by Crippen LogP contribution is -2.41. The number of nitrogens with zero attached hydrogens (tertiary/aromatic N) is 1. The number of amides is 1. The van der Waals surface area contributed by atoms with Crippen LogP contribution in [0.4, 0.5) is 0 Å². The molecule has 3 nitrogen and oxygen atoms in total. The van der Waals surface area contributed by atoms with Gasteiger partial charge >= 0.3 is 0 Å². The lowest BCUT2D eigenvalue weighted by Gasteiger charge is -2.34. The fourth-order valence-electron chi connectivity index (χ4n) is 3.49. The number of likely N-dealkylation sites (tertiary alicyclic amines) is 1. The van der Waals surface area contributed by atoms with E-state index in [9.17, 15) is 4.79 Å². The van der Waals surface area contributed by atoms with E-state index in [1.165, 1.54) is 19.3 Å². The second kappa shape index (κ2) is 7.49. The van der Waals surface area contributed by atoms with Crippen LogP contribution in [0.25, 0.3) is 0 Å². The fraction of sp³-hybridized carbons (Fsp3) is 0.933. The summed E-state index contributed by atoms with van der Waals surface area (Å²) in [4.78, 5) is 14.3. The van der Waals surface area contributed by atoms with Gasteiger partial charge in [-0.25, -0.2) is 0 Å². The van der Waals surface area contributed by atoms with Gasteiger partial charge in [-0.05, 0) is 43.4 Å². The minimum absolute atomic E-state index is 0. The van der Waals surface area contributed by atoms with Gasteiger partial charge in [0, 0.05) is 25.6 Å². The zero-order chi connectivity index (χ0) is 13.1. The van der Waals surface area contributed by atoms with Crippen LogP contribution in [0.15, 0.2) is 0 Å². The highest BCUT2D eigenvalue weighted by Crippen LogP contribution is 2.29. The van der Waals surface area contributed by atoms with Crippen LogP contribution in [-0.4, -0.2) is 29.9 Å². The first-order chi connectivity index (χ1) is 8.58. The molecular formula is C15H29ClN2O. The van der Waals surface area contributed by atoms with Gasteiger partial charge in [0.1, 0.15) is 0 Å². The van der Waals surface area contributed by atoms with E-state index in [4.69, 9.17) is 5.73 Å². The number of nitrogens with two attached hydrogens (primary N) is 1. The van der Waals surface area contributed by atoms with Crippen molar-refractivity contribution < 1.29 is 4.79 Å². The molecule has 1 aliphatic carbocycles.